The van der Waals surface area contributed by atoms with Crippen LogP contribution in [0.15, 0.2) is 18.2 Å². The van der Waals surface area contributed by atoms with Crippen molar-refractivity contribution < 1.29 is 0 Å². The normalized spacial score (nSPS) is 8.50. The van der Waals surface area contributed by atoms with Gasteiger partial charge in [0.1, 0.15) is 0 Å². The highest BCUT2D eigenvalue weighted by atomic mass is 35.5. The van der Waals surface area contributed by atoms with Gasteiger partial charge in [-0.15, -0.1) is 12.4 Å². The van der Waals surface area contributed by atoms with Crippen LogP contribution in [0.1, 0.15) is 0 Å². The summed E-state index contributed by atoms with van der Waals surface area (Å²) in [4.78, 5) is 0. The van der Waals surface area contributed by atoms with Gasteiger partial charge < -0.3 is 11.5 Å². The molecule has 4 heteroatoms. The Morgan fingerprint density at radius 2 is 1.40 bits per heavy atom. The van der Waals surface area contributed by atoms with Gasteiger partial charge in [0.05, 0.1) is 0 Å². The second kappa shape index (κ2) is 3.54. The Kier molecular flexibility index (Phi) is 3.33. The molecular formula is C6H8Cl2N2. The Labute approximate surface area is 70.6 Å². The quantitative estimate of drug-likeness (QED) is 0.597. The van der Waals surface area contributed by atoms with Gasteiger partial charge in [-0.1, -0.05) is 11.6 Å². The standard InChI is InChI=1S/C6H7ClN2.ClH/c7-4-1-5(8)3-6(9)2-4;/h1-3H,8-9H2;1H. The van der Waals surface area contributed by atoms with E-state index in [2.05, 4.69) is 0 Å². The molecule has 0 radical (unpaired) electrons. The van der Waals surface area contributed by atoms with Crippen LogP contribution in [0.3, 0.4) is 0 Å². The minimum atomic E-state index is 0. The number of benzene rings is 1. The lowest BCUT2D eigenvalue weighted by Crippen LogP contribution is -1.88. The smallest absolute Gasteiger partial charge is 0.0446 e. The first kappa shape index (κ1) is 9.40. The first-order valence-electron chi connectivity index (χ1n) is 2.50. The van der Waals surface area contributed by atoms with E-state index in [0.29, 0.717) is 16.4 Å². The van der Waals surface area contributed by atoms with E-state index in [4.69, 9.17) is 23.1 Å². The highest BCUT2D eigenvalue weighted by molar-refractivity contribution is 6.31. The first-order valence-corrected chi connectivity index (χ1v) is 2.88. The van der Waals surface area contributed by atoms with Gasteiger partial charge in [0.15, 0.2) is 0 Å². The molecule has 1 aromatic carbocycles. The highest BCUT2D eigenvalue weighted by Crippen LogP contribution is 2.17. The lowest BCUT2D eigenvalue weighted by molar-refractivity contribution is 1.66. The molecule has 0 fully saturated rings. The fraction of sp³-hybridized carbons (Fsp3) is 0. The van der Waals surface area contributed by atoms with Crippen LogP contribution in [0.5, 0.6) is 0 Å². The van der Waals surface area contributed by atoms with Crippen LogP contribution < -0.4 is 11.5 Å². The second-order valence-electron chi connectivity index (χ2n) is 1.82. The van der Waals surface area contributed by atoms with Gasteiger partial charge in [0.25, 0.3) is 0 Å². The van der Waals surface area contributed by atoms with Crippen molar-refractivity contribution in [2.45, 2.75) is 0 Å². The van der Waals surface area contributed by atoms with Crippen molar-refractivity contribution in [1.29, 1.82) is 0 Å². The minimum absolute atomic E-state index is 0. The number of rotatable bonds is 0. The fourth-order valence-corrected chi connectivity index (χ4v) is 0.888. The fourth-order valence-electron chi connectivity index (χ4n) is 0.636. The molecule has 2 nitrogen and oxygen atoms in total. The second-order valence-corrected chi connectivity index (χ2v) is 2.25. The number of nitrogens with two attached hydrogens (primary N) is 2. The number of anilines is 2. The molecule has 0 saturated carbocycles. The van der Waals surface area contributed by atoms with E-state index in [9.17, 15) is 0 Å². The molecule has 0 atom stereocenters. The Bertz CT molecular complexity index is 175. The highest BCUT2D eigenvalue weighted by Gasteiger charge is 1.90. The van der Waals surface area contributed by atoms with Crippen molar-refractivity contribution in [1.82, 2.24) is 0 Å². The van der Waals surface area contributed by atoms with Gasteiger partial charge in [-0.25, -0.2) is 0 Å². The van der Waals surface area contributed by atoms with Crippen molar-refractivity contribution in [2.75, 3.05) is 11.5 Å². The molecule has 1 aromatic rings. The molecule has 0 aliphatic carbocycles. The third-order valence-electron chi connectivity index (χ3n) is 0.942. The monoisotopic (exact) mass is 178 g/mol. The summed E-state index contributed by atoms with van der Waals surface area (Å²) in [7, 11) is 0. The van der Waals surface area contributed by atoms with Crippen LogP contribution in [0.25, 0.3) is 0 Å². The summed E-state index contributed by atoms with van der Waals surface area (Å²) in [5.74, 6) is 0. The van der Waals surface area contributed by atoms with E-state index in [1.807, 2.05) is 0 Å². The molecule has 0 aliphatic rings. The van der Waals surface area contributed by atoms with Gasteiger partial charge in [-0.3, -0.25) is 0 Å². The molecule has 0 saturated heterocycles. The maximum Gasteiger partial charge on any atom is 0.0446 e. The third-order valence-corrected chi connectivity index (χ3v) is 1.16. The zero-order chi connectivity index (χ0) is 6.85. The molecule has 0 amide bonds. The van der Waals surface area contributed by atoms with E-state index >= 15 is 0 Å². The summed E-state index contributed by atoms with van der Waals surface area (Å²) in [5.41, 5.74) is 12.0. The van der Waals surface area contributed by atoms with Gasteiger partial charge in [-0.05, 0) is 18.2 Å². The Morgan fingerprint density at radius 3 is 1.70 bits per heavy atom. The Hall–Kier alpha value is -0.600. The van der Waals surface area contributed by atoms with Crippen molar-refractivity contribution in [3.05, 3.63) is 23.2 Å². The van der Waals surface area contributed by atoms with E-state index < -0.39 is 0 Å². The molecule has 0 unspecified atom stereocenters. The van der Waals surface area contributed by atoms with Crippen LogP contribution in [0.2, 0.25) is 5.02 Å². The zero-order valence-electron chi connectivity index (χ0n) is 5.17. The summed E-state index contributed by atoms with van der Waals surface area (Å²) in [5, 5.41) is 0.576. The SMILES string of the molecule is Cl.Nc1cc(N)cc(Cl)c1. The molecule has 4 N–H and O–H groups in total. The van der Waals surface area contributed by atoms with Gasteiger partial charge in [0.2, 0.25) is 0 Å². The maximum atomic E-state index is 5.59. The third kappa shape index (κ3) is 2.33. The van der Waals surface area contributed by atoms with Gasteiger partial charge in [0, 0.05) is 16.4 Å². The Balaban J connectivity index is 0.000000810. The predicted octanol–water partition coefficient (Wildman–Crippen LogP) is 1.93. The van der Waals surface area contributed by atoms with Crippen molar-refractivity contribution >= 4 is 35.4 Å². The number of halogens is 2. The summed E-state index contributed by atoms with van der Waals surface area (Å²) in [6.07, 6.45) is 0. The molecule has 1 rings (SSSR count). The molecule has 0 aliphatic heterocycles. The lowest BCUT2D eigenvalue weighted by atomic mass is 10.3. The predicted molar refractivity (Wildman–Crippen MR) is 47.5 cm³/mol. The van der Waals surface area contributed by atoms with Crippen molar-refractivity contribution in [2.24, 2.45) is 0 Å². The topological polar surface area (TPSA) is 52.0 Å². The molecule has 0 aromatic heterocycles. The Morgan fingerprint density at radius 1 is 1.00 bits per heavy atom. The van der Waals surface area contributed by atoms with Crippen molar-refractivity contribution in [3.8, 4) is 0 Å². The van der Waals surface area contributed by atoms with Crippen LogP contribution in [0, 0.1) is 0 Å². The van der Waals surface area contributed by atoms with Crippen LogP contribution in [-0.4, -0.2) is 0 Å². The van der Waals surface area contributed by atoms with Crippen LogP contribution in [0.4, 0.5) is 11.4 Å². The molecular weight excluding hydrogens is 171 g/mol. The van der Waals surface area contributed by atoms with Gasteiger partial charge >= 0.3 is 0 Å². The molecule has 0 heterocycles. The van der Waals surface area contributed by atoms with Gasteiger partial charge in [-0.2, -0.15) is 0 Å². The molecule has 56 valence electrons. The first-order chi connectivity index (χ1) is 4.18. The number of nitrogen functional groups attached to an aromatic ring is 2. The van der Waals surface area contributed by atoms with E-state index in [1.54, 1.807) is 18.2 Å². The number of hydrogen-bond acceptors (Lipinski definition) is 2. The lowest BCUT2D eigenvalue weighted by Gasteiger charge is -1.95. The summed E-state index contributed by atoms with van der Waals surface area (Å²) in [6.45, 7) is 0. The van der Waals surface area contributed by atoms with Crippen molar-refractivity contribution in [3.63, 3.8) is 0 Å². The summed E-state index contributed by atoms with van der Waals surface area (Å²) >= 11 is 5.59. The average Bonchev–Trinajstić information content (AvgIpc) is 1.59. The molecule has 10 heavy (non-hydrogen) atoms. The molecule has 0 bridgehead atoms. The minimum Gasteiger partial charge on any atom is -0.399 e. The van der Waals surface area contributed by atoms with E-state index in [-0.39, 0.29) is 12.4 Å². The van der Waals surface area contributed by atoms with E-state index in [1.165, 1.54) is 0 Å². The van der Waals surface area contributed by atoms with Crippen LogP contribution in [-0.2, 0) is 0 Å². The van der Waals surface area contributed by atoms with Crippen LogP contribution >= 0.6 is 24.0 Å². The number of hydrogen-bond donors (Lipinski definition) is 2. The maximum absolute atomic E-state index is 5.59. The van der Waals surface area contributed by atoms with E-state index in [0.717, 1.165) is 0 Å². The summed E-state index contributed by atoms with van der Waals surface area (Å²) in [6, 6.07) is 4.96. The average molecular weight is 179 g/mol. The molecule has 0 spiro atoms. The summed E-state index contributed by atoms with van der Waals surface area (Å²) < 4.78 is 0. The zero-order valence-corrected chi connectivity index (χ0v) is 6.75. The largest absolute Gasteiger partial charge is 0.399 e.